The number of thioether (sulfide) groups is 1. The molecule has 0 aromatic carbocycles. The summed E-state index contributed by atoms with van der Waals surface area (Å²) < 4.78 is 5.14. The van der Waals surface area contributed by atoms with Gasteiger partial charge >= 0.3 is 11.9 Å². The molecular weight excluding hydrogens is 543 g/mol. The minimum atomic E-state index is -2.11. The molecule has 190 valence electrons. The first-order valence-electron chi connectivity index (χ1n) is 10.2. The van der Waals surface area contributed by atoms with Gasteiger partial charge in [-0.05, 0) is 18.4 Å². The number of esters is 1. The van der Waals surface area contributed by atoms with E-state index in [0.717, 1.165) is 9.78 Å². The van der Waals surface area contributed by atoms with Gasteiger partial charge in [0, 0.05) is 16.2 Å². The van der Waals surface area contributed by atoms with Crippen LogP contribution in [0.1, 0.15) is 11.8 Å². The third-order valence-electron chi connectivity index (χ3n) is 5.10. The van der Waals surface area contributed by atoms with E-state index in [-0.39, 0.29) is 29.4 Å². The standard InChI is InChI=1S/C20H22Cl2N4O7S2/c1-9(23)15(28)25-20(22,8-21)19(32)33-6-10-7-35-17-13(16(29)26(17)14(10)18(30)31)24-12(27)5-11-3-2-4-34-11/h2-4,9,13,17H,5-8,23H2,1H3,(H,24,27)(H,25,28)(H,30,31)/t9-,13+,17-,20-/m0/s1. The Bertz CT molecular complexity index is 1070. The van der Waals surface area contributed by atoms with Crippen molar-refractivity contribution in [3.8, 4) is 0 Å². The number of carboxylic acids is 1. The SMILES string of the molecule is C[C@H](N)C(=O)N[C@@](Cl)(CCl)C(=O)OCC1=C(C(=O)O)N2C(=O)[C@@H](NC(=O)Cc3cccs3)[C@@H]2SC1. The van der Waals surface area contributed by atoms with E-state index in [9.17, 15) is 29.1 Å². The number of β-lactam (4-membered cyclic amide) rings is 1. The van der Waals surface area contributed by atoms with Crippen LogP contribution < -0.4 is 16.4 Å². The number of halogens is 2. The maximum absolute atomic E-state index is 12.7. The number of thiophene rings is 1. The van der Waals surface area contributed by atoms with Crippen LogP contribution >= 0.6 is 46.3 Å². The highest BCUT2D eigenvalue weighted by Gasteiger charge is 2.54. The molecule has 11 nitrogen and oxygen atoms in total. The summed E-state index contributed by atoms with van der Waals surface area (Å²) in [6.07, 6.45) is 0.113. The molecule has 0 saturated carbocycles. The zero-order valence-electron chi connectivity index (χ0n) is 18.3. The average Bonchev–Trinajstić information content (AvgIpc) is 3.32. The molecule has 1 aromatic rings. The Kier molecular flexibility index (Phi) is 8.70. The number of alkyl halides is 2. The number of carboxylic acid groups (broad SMARTS) is 1. The van der Waals surface area contributed by atoms with Crippen molar-refractivity contribution in [2.75, 3.05) is 18.2 Å². The Hall–Kier alpha value is -2.32. The lowest BCUT2D eigenvalue weighted by molar-refractivity contribution is -0.151. The van der Waals surface area contributed by atoms with Crippen LogP contribution in [0.2, 0.25) is 0 Å². The van der Waals surface area contributed by atoms with Crippen molar-refractivity contribution in [2.24, 2.45) is 5.73 Å². The Morgan fingerprint density at radius 2 is 2.11 bits per heavy atom. The van der Waals surface area contributed by atoms with Gasteiger partial charge in [0.2, 0.25) is 16.8 Å². The first-order chi connectivity index (χ1) is 16.5. The fraction of sp³-hybridized carbons (Fsp3) is 0.450. The van der Waals surface area contributed by atoms with Crippen molar-refractivity contribution in [1.29, 1.82) is 0 Å². The van der Waals surface area contributed by atoms with E-state index in [2.05, 4.69) is 10.6 Å². The first kappa shape index (κ1) is 27.3. The summed E-state index contributed by atoms with van der Waals surface area (Å²) in [5.41, 5.74) is 5.27. The predicted octanol–water partition coefficient (Wildman–Crippen LogP) is 0.210. The molecule has 0 bridgehead atoms. The number of aliphatic carboxylic acids is 1. The van der Waals surface area contributed by atoms with Crippen LogP contribution in [0.4, 0.5) is 0 Å². The molecule has 1 saturated heterocycles. The normalized spacial score (nSPS) is 21.8. The minimum Gasteiger partial charge on any atom is -0.477 e. The first-order valence-corrected chi connectivity index (χ1v) is 13.0. The average molecular weight is 565 g/mol. The van der Waals surface area contributed by atoms with E-state index < -0.39 is 58.7 Å². The molecule has 2 aliphatic heterocycles. The number of ether oxygens (including phenoxy) is 1. The van der Waals surface area contributed by atoms with E-state index >= 15 is 0 Å². The van der Waals surface area contributed by atoms with Gasteiger partial charge < -0.3 is 26.2 Å². The van der Waals surface area contributed by atoms with Gasteiger partial charge in [-0.2, -0.15) is 0 Å². The zero-order chi connectivity index (χ0) is 25.9. The van der Waals surface area contributed by atoms with Crippen LogP contribution in [0, 0.1) is 0 Å². The molecular formula is C20H22Cl2N4O7S2. The van der Waals surface area contributed by atoms with Crippen LogP contribution in [0.5, 0.6) is 0 Å². The number of fused-ring (bicyclic) bond motifs is 1. The lowest BCUT2D eigenvalue weighted by atomic mass is 10.0. The van der Waals surface area contributed by atoms with Crippen LogP contribution in [0.25, 0.3) is 0 Å². The number of amides is 3. The molecule has 3 heterocycles. The zero-order valence-corrected chi connectivity index (χ0v) is 21.4. The van der Waals surface area contributed by atoms with Crippen LogP contribution in [0.3, 0.4) is 0 Å². The number of nitrogens with zero attached hydrogens (tertiary/aromatic N) is 1. The van der Waals surface area contributed by atoms with E-state index in [1.165, 1.54) is 30.0 Å². The minimum absolute atomic E-state index is 0.113. The Labute approximate surface area is 218 Å². The van der Waals surface area contributed by atoms with Gasteiger partial charge in [-0.15, -0.1) is 34.7 Å². The number of hydrogen-bond acceptors (Lipinski definition) is 9. The quantitative estimate of drug-likeness (QED) is 0.134. The lowest BCUT2D eigenvalue weighted by Crippen LogP contribution is -2.70. The van der Waals surface area contributed by atoms with Gasteiger partial charge in [-0.1, -0.05) is 17.7 Å². The predicted molar refractivity (Wildman–Crippen MR) is 130 cm³/mol. The van der Waals surface area contributed by atoms with Crippen molar-refractivity contribution in [3.63, 3.8) is 0 Å². The van der Waals surface area contributed by atoms with E-state index in [4.69, 9.17) is 33.7 Å². The highest BCUT2D eigenvalue weighted by atomic mass is 35.5. The van der Waals surface area contributed by atoms with Gasteiger partial charge in [0.05, 0.1) is 18.3 Å². The van der Waals surface area contributed by atoms with Crippen LogP contribution in [-0.2, 0) is 35.1 Å². The summed E-state index contributed by atoms with van der Waals surface area (Å²) in [7, 11) is 0. The highest BCUT2D eigenvalue weighted by molar-refractivity contribution is 8.00. The molecule has 2 aliphatic rings. The maximum Gasteiger partial charge on any atom is 0.352 e. The van der Waals surface area contributed by atoms with Gasteiger partial charge in [0.15, 0.2) is 0 Å². The molecule has 0 radical (unpaired) electrons. The van der Waals surface area contributed by atoms with Gasteiger partial charge in [0.25, 0.3) is 5.91 Å². The summed E-state index contributed by atoms with van der Waals surface area (Å²) in [5, 5.41) is 15.8. The Morgan fingerprint density at radius 1 is 1.40 bits per heavy atom. The molecule has 0 unspecified atom stereocenters. The number of hydrogen-bond donors (Lipinski definition) is 4. The molecule has 1 aromatic heterocycles. The number of carbonyl (C=O) groups is 5. The van der Waals surface area contributed by atoms with Crippen molar-refractivity contribution < 1.29 is 33.8 Å². The van der Waals surface area contributed by atoms with Crippen molar-refractivity contribution in [1.82, 2.24) is 15.5 Å². The number of carbonyl (C=O) groups excluding carboxylic acids is 4. The number of nitrogens with two attached hydrogens (primary N) is 1. The third-order valence-corrected chi connectivity index (χ3v) is 8.24. The highest BCUT2D eigenvalue weighted by Crippen LogP contribution is 2.40. The van der Waals surface area contributed by atoms with Crippen molar-refractivity contribution in [2.45, 2.75) is 35.8 Å². The van der Waals surface area contributed by atoms with Gasteiger partial charge in [-0.25, -0.2) is 9.59 Å². The van der Waals surface area contributed by atoms with Crippen LogP contribution in [0.15, 0.2) is 28.8 Å². The maximum atomic E-state index is 12.7. The molecule has 35 heavy (non-hydrogen) atoms. The fourth-order valence-electron chi connectivity index (χ4n) is 3.31. The van der Waals surface area contributed by atoms with Crippen molar-refractivity contribution >= 4 is 76.0 Å². The fourth-order valence-corrected chi connectivity index (χ4v) is 5.66. The van der Waals surface area contributed by atoms with Crippen molar-refractivity contribution in [3.05, 3.63) is 33.7 Å². The summed E-state index contributed by atoms with van der Waals surface area (Å²) >= 11 is 14.5. The second-order valence-electron chi connectivity index (χ2n) is 7.76. The number of nitrogens with one attached hydrogen (secondary N) is 2. The second-order valence-corrected chi connectivity index (χ2v) is 10.8. The molecule has 1 fully saturated rings. The van der Waals surface area contributed by atoms with E-state index in [1.807, 2.05) is 11.4 Å². The molecule has 4 atom stereocenters. The molecule has 3 rings (SSSR count). The molecule has 5 N–H and O–H groups in total. The second kappa shape index (κ2) is 11.2. The number of rotatable bonds is 10. The summed E-state index contributed by atoms with van der Waals surface area (Å²) in [6.45, 7) is 0.882. The molecule has 3 amide bonds. The van der Waals surface area contributed by atoms with E-state index in [1.54, 1.807) is 6.07 Å². The molecule has 15 heteroatoms. The third kappa shape index (κ3) is 5.92. The van der Waals surface area contributed by atoms with Crippen LogP contribution in [-0.4, -0.2) is 80.4 Å². The topological polar surface area (TPSA) is 168 Å². The van der Waals surface area contributed by atoms with Gasteiger partial charge in [0.1, 0.15) is 23.7 Å². The Balaban J connectivity index is 1.67. The molecule has 0 spiro atoms. The molecule has 0 aliphatic carbocycles. The lowest BCUT2D eigenvalue weighted by Gasteiger charge is -2.49. The summed E-state index contributed by atoms with van der Waals surface area (Å²) in [6, 6.07) is 1.78. The monoisotopic (exact) mass is 564 g/mol. The summed E-state index contributed by atoms with van der Waals surface area (Å²) in [4.78, 5) is 61.1. The largest absolute Gasteiger partial charge is 0.477 e. The summed E-state index contributed by atoms with van der Waals surface area (Å²) in [5.74, 6) is -4.59. The Morgan fingerprint density at radius 3 is 2.69 bits per heavy atom. The smallest absolute Gasteiger partial charge is 0.352 e. The van der Waals surface area contributed by atoms with E-state index in [0.29, 0.717) is 0 Å². The van der Waals surface area contributed by atoms with Gasteiger partial charge in [-0.3, -0.25) is 19.3 Å².